The molecule has 0 atom stereocenters. The quantitative estimate of drug-likeness (QED) is 0.173. The summed E-state index contributed by atoms with van der Waals surface area (Å²) in [5.41, 5.74) is 13.0. The van der Waals surface area contributed by atoms with Gasteiger partial charge in [-0.15, -0.1) is 0 Å². The van der Waals surface area contributed by atoms with Crippen LogP contribution in [-0.2, 0) is 5.41 Å². The molecule has 0 radical (unpaired) electrons. The van der Waals surface area contributed by atoms with Gasteiger partial charge in [0.25, 0.3) is 0 Å². The van der Waals surface area contributed by atoms with Crippen molar-refractivity contribution >= 4 is 65.7 Å². The number of benzene rings is 9. The van der Waals surface area contributed by atoms with E-state index in [1.165, 1.54) is 10.8 Å². The number of hydrogen-bond donors (Lipinski definition) is 0. The Labute approximate surface area is 366 Å². The molecule has 1 aliphatic carbocycles. The van der Waals surface area contributed by atoms with Crippen molar-refractivity contribution in [3.05, 3.63) is 229 Å². The van der Waals surface area contributed by atoms with Crippen LogP contribution in [0.15, 0.2) is 215 Å². The Morgan fingerprint density at radius 2 is 0.906 bits per heavy atom. The zero-order chi connectivity index (χ0) is 41.9. The van der Waals surface area contributed by atoms with Crippen molar-refractivity contribution in [2.45, 2.75) is 5.41 Å². The Kier molecular flexibility index (Phi) is 7.22. The first-order valence-corrected chi connectivity index (χ1v) is 21.6. The average Bonchev–Trinajstić information content (AvgIpc) is 4.11. The van der Waals surface area contributed by atoms with E-state index in [4.69, 9.17) is 23.8 Å². The normalized spacial score (nSPS) is 13.1. The topological polar surface area (TPSA) is 69.9 Å². The second-order valence-corrected chi connectivity index (χ2v) is 16.7. The fourth-order valence-electron chi connectivity index (χ4n) is 10.6. The lowest BCUT2D eigenvalue weighted by molar-refractivity contribution is 0.666. The van der Waals surface area contributed by atoms with Crippen LogP contribution < -0.4 is 0 Å². The smallest absolute Gasteiger partial charge is 0.164 e. The van der Waals surface area contributed by atoms with Crippen LogP contribution in [-0.4, -0.2) is 19.5 Å². The van der Waals surface area contributed by atoms with Gasteiger partial charge in [0.2, 0.25) is 0 Å². The summed E-state index contributed by atoms with van der Waals surface area (Å²) in [6.45, 7) is 0. The minimum atomic E-state index is -0.929. The van der Waals surface area contributed by atoms with Gasteiger partial charge in [-0.3, -0.25) is 0 Å². The molecule has 9 aromatic carbocycles. The van der Waals surface area contributed by atoms with E-state index in [2.05, 4.69) is 168 Å². The first kappa shape index (κ1) is 35.0. The second-order valence-electron chi connectivity index (χ2n) is 16.7. The molecule has 0 bridgehead atoms. The standard InChI is InChI=1S/C58H34N4O2/c1-7-21-46-38(14-1)39-15-2-8-22-47(39)58(46,36-30-33-52-45(34-36)42-18-5-11-25-50(42)63-52)57-60-55(59-56(61-57)44-20-13-27-53-54(44)43-19-6-12-26-51(43)64-53)35-28-31-37(32-29-35)62-48-23-9-3-16-40(48)41-17-4-10-24-49(41)62/h1-34H. The number of nitrogens with zero attached hydrogens (tertiary/aromatic N) is 4. The summed E-state index contributed by atoms with van der Waals surface area (Å²) in [6.07, 6.45) is 0. The van der Waals surface area contributed by atoms with Crippen molar-refractivity contribution in [3.63, 3.8) is 0 Å². The Morgan fingerprint density at radius 3 is 1.62 bits per heavy atom. The Bertz CT molecular complexity index is 3940. The molecule has 13 aromatic rings. The zero-order valence-electron chi connectivity index (χ0n) is 34.2. The maximum absolute atomic E-state index is 6.44. The third-order valence-corrected chi connectivity index (χ3v) is 13.3. The van der Waals surface area contributed by atoms with Crippen molar-refractivity contribution in [2.24, 2.45) is 0 Å². The molecule has 0 aliphatic heterocycles. The van der Waals surface area contributed by atoms with E-state index in [1.54, 1.807) is 0 Å². The highest BCUT2D eigenvalue weighted by atomic mass is 16.3. The van der Waals surface area contributed by atoms with Crippen LogP contribution in [0.25, 0.3) is 105 Å². The number of furan rings is 2. The van der Waals surface area contributed by atoms with E-state index < -0.39 is 5.41 Å². The fraction of sp³-hybridized carbons (Fsp3) is 0.0172. The van der Waals surface area contributed by atoms with Gasteiger partial charge in [0.1, 0.15) is 27.7 Å². The predicted octanol–water partition coefficient (Wildman–Crippen LogP) is 14.5. The summed E-state index contributed by atoms with van der Waals surface area (Å²) < 4.78 is 15.2. The minimum absolute atomic E-state index is 0.569. The van der Waals surface area contributed by atoms with Gasteiger partial charge in [0.05, 0.1) is 11.0 Å². The molecule has 0 fully saturated rings. The summed E-state index contributed by atoms with van der Waals surface area (Å²) in [4.78, 5) is 16.7. The lowest BCUT2D eigenvalue weighted by atomic mass is 9.71. The van der Waals surface area contributed by atoms with E-state index >= 15 is 0 Å². The highest BCUT2D eigenvalue weighted by Crippen LogP contribution is 2.56. The molecule has 4 aromatic heterocycles. The molecule has 0 unspecified atom stereocenters. The average molecular weight is 819 g/mol. The Morgan fingerprint density at radius 1 is 0.375 bits per heavy atom. The largest absolute Gasteiger partial charge is 0.456 e. The Hall–Kier alpha value is -8.61. The van der Waals surface area contributed by atoms with Gasteiger partial charge >= 0.3 is 0 Å². The molecule has 298 valence electrons. The molecule has 14 rings (SSSR count). The van der Waals surface area contributed by atoms with Gasteiger partial charge in [0.15, 0.2) is 17.5 Å². The van der Waals surface area contributed by atoms with Gasteiger partial charge < -0.3 is 13.4 Å². The van der Waals surface area contributed by atoms with E-state index in [1.807, 2.05) is 42.5 Å². The fourth-order valence-corrected chi connectivity index (χ4v) is 10.6. The van der Waals surface area contributed by atoms with Crippen LogP contribution in [0.5, 0.6) is 0 Å². The van der Waals surface area contributed by atoms with Gasteiger partial charge in [-0.05, 0) is 94.5 Å². The van der Waals surface area contributed by atoms with Gasteiger partial charge in [-0.2, -0.15) is 0 Å². The number of rotatable bonds is 5. The number of fused-ring (bicyclic) bond motifs is 12. The molecule has 0 N–H and O–H groups in total. The number of aromatic nitrogens is 4. The van der Waals surface area contributed by atoms with Crippen LogP contribution >= 0.6 is 0 Å². The van der Waals surface area contributed by atoms with Gasteiger partial charge in [-0.1, -0.05) is 140 Å². The number of hydrogen-bond acceptors (Lipinski definition) is 5. The maximum Gasteiger partial charge on any atom is 0.164 e. The van der Waals surface area contributed by atoms with Gasteiger partial charge in [0, 0.05) is 49.1 Å². The van der Waals surface area contributed by atoms with Crippen LogP contribution in [0.1, 0.15) is 22.5 Å². The summed E-state index contributed by atoms with van der Waals surface area (Å²) in [6, 6.07) is 72.4. The first-order chi connectivity index (χ1) is 31.7. The van der Waals surface area contributed by atoms with Crippen molar-refractivity contribution in [2.75, 3.05) is 0 Å². The third kappa shape index (κ3) is 4.82. The molecular formula is C58H34N4O2. The highest BCUT2D eigenvalue weighted by molar-refractivity contribution is 6.12. The molecule has 64 heavy (non-hydrogen) atoms. The van der Waals surface area contributed by atoms with E-state index in [9.17, 15) is 0 Å². The highest BCUT2D eigenvalue weighted by Gasteiger charge is 2.49. The third-order valence-electron chi connectivity index (χ3n) is 13.3. The lowest BCUT2D eigenvalue weighted by Gasteiger charge is -2.32. The van der Waals surface area contributed by atoms with Crippen molar-refractivity contribution in [3.8, 4) is 39.6 Å². The van der Waals surface area contributed by atoms with Crippen molar-refractivity contribution in [1.82, 2.24) is 19.5 Å². The van der Waals surface area contributed by atoms with Crippen LogP contribution in [0.3, 0.4) is 0 Å². The summed E-state index contributed by atoms with van der Waals surface area (Å²) in [5, 5.41) is 6.52. The number of para-hydroxylation sites is 4. The minimum Gasteiger partial charge on any atom is -0.456 e. The van der Waals surface area contributed by atoms with Crippen LogP contribution in [0, 0.1) is 0 Å². The van der Waals surface area contributed by atoms with E-state index in [0.717, 1.165) is 99.5 Å². The maximum atomic E-state index is 6.44. The van der Waals surface area contributed by atoms with Crippen LogP contribution in [0.2, 0.25) is 0 Å². The van der Waals surface area contributed by atoms with Crippen molar-refractivity contribution in [1.29, 1.82) is 0 Å². The SMILES string of the molecule is c1ccc2c(c1)-c1ccccc1C2(c1ccc2oc3ccccc3c2c1)c1nc(-c2ccc(-n3c4ccccc4c4ccccc43)cc2)nc(-c2cccc3oc4ccccc4c23)n1. The van der Waals surface area contributed by atoms with E-state index in [-0.39, 0.29) is 0 Å². The Balaban J connectivity index is 1.07. The molecule has 4 heterocycles. The summed E-state index contributed by atoms with van der Waals surface area (Å²) in [5.74, 6) is 1.78. The molecular weight excluding hydrogens is 785 g/mol. The monoisotopic (exact) mass is 818 g/mol. The van der Waals surface area contributed by atoms with Crippen molar-refractivity contribution < 1.29 is 8.83 Å². The zero-order valence-corrected chi connectivity index (χ0v) is 34.2. The molecule has 0 spiro atoms. The van der Waals surface area contributed by atoms with Gasteiger partial charge in [-0.25, -0.2) is 15.0 Å². The van der Waals surface area contributed by atoms with E-state index in [0.29, 0.717) is 17.5 Å². The van der Waals surface area contributed by atoms with Crippen LogP contribution in [0.4, 0.5) is 0 Å². The lowest BCUT2D eigenvalue weighted by Crippen LogP contribution is -2.31. The second kappa shape index (κ2) is 13.2. The summed E-state index contributed by atoms with van der Waals surface area (Å²) in [7, 11) is 0. The molecule has 6 heteroatoms. The molecule has 1 aliphatic rings. The molecule has 0 saturated carbocycles. The molecule has 0 amide bonds. The first-order valence-electron chi connectivity index (χ1n) is 21.6. The molecule has 6 nitrogen and oxygen atoms in total. The summed E-state index contributed by atoms with van der Waals surface area (Å²) >= 11 is 0. The molecule has 0 saturated heterocycles. The predicted molar refractivity (Wildman–Crippen MR) is 257 cm³/mol.